The van der Waals surface area contributed by atoms with E-state index in [1.165, 1.54) is 89.9 Å². The summed E-state index contributed by atoms with van der Waals surface area (Å²) >= 11 is 0. The number of phosphoric acid groups is 2. The van der Waals surface area contributed by atoms with E-state index < -0.39 is 97.5 Å². The standard InChI is InChI=1S/C59H114O17P2/c1-7-10-12-14-15-19-23-31-37-43-58(63)75-54(47-69-56(61)41-35-27-13-11-8-2)49-73-77(65,66)71-45-53(60)46-72-78(67,68)74-50-55(48-70-57(62)42-36-30-26-25-29-34-40-52(6)9-3)76-59(64)44-38-32-24-21-18-16-17-20-22-28-33-39-51(4)5/h51-55,60H,7-50H2,1-6H3,(H,65,66)(H,67,68)/t52?,53-,54+,55+/m0/s1. The molecule has 0 saturated carbocycles. The first-order valence-electron chi connectivity index (χ1n) is 31.0. The molecule has 0 heterocycles. The zero-order chi connectivity index (χ0) is 58.0. The van der Waals surface area contributed by atoms with Crippen molar-refractivity contribution in [1.29, 1.82) is 0 Å². The first-order valence-corrected chi connectivity index (χ1v) is 34.0. The predicted molar refractivity (Wildman–Crippen MR) is 308 cm³/mol. The van der Waals surface area contributed by atoms with Crippen molar-refractivity contribution in [2.24, 2.45) is 11.8 Å². The summed E-state index contributed by atoms with van der Waals surface area (Å²) in [5.74, 6) is -0.658. The number of aliphatic hydroxyl groups is 1. The van der Waals surface area contributed by atoms with Gasteiger partial charge in [-0.05, 0) is 37.5 Å². The van der Waals surface area contributed by atoms with E-state index >= 15 is 0 Å². The van der Waals surface area contributed by atoms with Crippen molar-refractivity contribution in [3.8, 4) is 0 Å². The number of phosphoric ester groups is 2. The number of carbonyl (C=O) groups excluding carboxylic acids is 4. The van der Waals surface area contributed by atoms with E-state index in [1.807, 2.05) is 0 Å². The van der Waals surface area contributed by atoms with Gasteiger partial charge in [-0.1, -0.05) is 234 Å². The summed E-state index contributed by atoms with van der Waals surface area (Å²) in [6.07, 6.45) is 32.4. The molecule has 19 heteroatoms. The van der Waals surface area contributed by atoms with Crippen molar-refractivity contribution in [3.63, 3.8) is 0 Å². The van der Waals surface area contributed by atoms with Crippen LogP contribution in [-0.2, 0) is 65.4 Å². The average Bonchev–Trinajstić information content (AvgIpc) is 3.40. The number of unbranched alkanes of at least 4 members (excludes halogenated alkanes) is 27. The molecule has 0 aliphatic carbocycles. The molecule has 17 nitrogen and oxygen atoms in total. The highest BCUT2D eigenvalue weighted by Gasteiger charge is 2.30. The van der Waals surface area contributed by atoms with E-state index in [0.717, 1.165) is 115 Å². The largest absolute Gasteiger partial charge is 0.472 e. The normalized spacial score (nSPS) is 14.8. The summed E-state index contributed by atoms with van der Waals surface area (Å²) in [6.45, 7) is 9.31. The molecule has 0 aromatic rings. The van der Waals surface area contributed by atoms with E-state index in [-0.39, 0.29) is 25.7 Å². The SMILES string of the molecule is CCCCCCCCCCCC(=O)O[C@H](COC(=O)CCCCCCC)COP(=O)(O)OC[C@H](O)COP(=O)(O)OC[C@@H](COC(=O)CCCCCCCCC(C)CC)OC(=O)CCCCCCCCCCCCCC(C)C. The second-order valence-electron chi connectivity index (χ2n) is 22.1. The lowest BCUT2D eigenvalue weighted by atomic mass is 10.00. The van der Waals surface area contributed by atoms with E-state index in [2.05, 4.69) is 41.5 Å². The fraction of sp³-hybridized carbons (Fsp3) is 0.932. The summed E-state index contributed by atoms with van der Waals surface area (Å²) in [5, 5.41) is 10.5. The van der Waals surface area contributed by atoms with Gasteiger partial charge in [-0.25, -0.2) is 9.13 Å². The van der Waals surface area contributed by atoms with Crippen LogP contribution in [0.1, 0.15) is 286 Å². The summed E-state index contributed by atoms with van der Waals surface area (Å²) < 4.78 is 67.6. The fourth-order valence-corrected chi connectivity index (χ4v) is 10.2. The van der Waals surface area contributed by atoms with Crippen molar-refractivity contribution >= 4 is 39.5 Å². The molecule has 0 amide bonds. The molecule has 6 atom stereocenters. The zero-order valence-corrected chi connectivity index (χ0v) is 51.7. The summed E-state index contributed by atoms with van der Waals surface area (Å²) in [6, 6.07) is 0. The molecule has 0 saturated heterocycles. The fourth-order valence-electron chi connectivity index (χ4n) is 8.61. The number of hydrogen-bond acceptors (Lipinski definition) is 15. The Hall–Kier alpha value is -1.94. The first-order chi connectivity index (χ1) is 37.4. The lowest BCUT2D eigenvalue weighted by molar-refractivity contribution is -0.161. The van der Waals surface area contributed by atoms with E-state index in [4.69, 9.17) is 37.0 Å². The molecule has 3 unspecified atom stereocenters. The molecular formula is C59H114O17P2. The van der Waals surface area contributed by atoms with Gasteiger partial charge in [-0.3, -0.25) is 37.3 Å². The molecule has 462 valence electrons. The monoisotopic (exact) mass is 1160 g/mol. The maximum Gasteiger partial charge on any atom is 0.472 e. The van der Waals surface area contributed by atoms with Crippen LogP contribution in [0, 0.1) is 11.8 Å². The zero-order valence-electron chi connectivity index (χ0n) is 50.0. The van der Waals surface area contributed by atoms with Crippen molar-refractivity contribution in [1.82, 2.24) is 0 Å². The Bertz CT molecular complexity index is 1550. The van der Waals surface area contributed by atoms with Crippen LogP contribution >= 0.6 is 15.6 Å². The third kappa shape index (κ3) is 52.2. The van der Waals surface area contributed by atoms with Gasteiger partial charge in [0, 0.05) is 25.7 Å². The third-order valence-corrected chi connectivity index (χ3v) is 15.7. The molecule has 3 N–H and O–H groups in total. The van der Waals surface area contributed by atoms with Gasteiger partial charge in [0.15, 0.2) is 12.2 Å². The first kappa shape index (κ1) is 76.1. The van der Waals surface area contributed by atoms with E-state index in [0.29, 0.717) is 25.7 Å². The van der Waals surface area contributed by atoms with Crippen LogP contribution in [0.4, 0.5) is 0 Å². The van der Waals surface area contributed by atoms with Crippen LogP contribution in [0.15, 0.2) is 0 Å². The van der Waals surface area contributed by atoms with E-state index in [9.17, 15) is 43.2 Å². The Balaban J connectivity index is 5.18. The maximum atomic E-state index is 12.9. The maximum absolute atomic E-state index is 12.9. The lowest BCUT2D eigenvalue weighted by Gasteiger charge is -2.21. The molecule has 0 aromatic carbocycles. The van der Waals surface area contributed by atoms with Crippen molar-refractivity contribution in [2.45, 2.75) is 304 Å². The molecular weight excluding hydrogens is 1040 g/mol. The van der Waals surface area contributed by atoms with Gasteiger partial charge >= 0.3 is 39.5 Å². The highest BCUT2D eigenvalue weighted by atomic mass is 31.2. The highest BCUT2D eigenvalue weighted by Crippen LogP contribution is 2.45. The van der Waals surface area contributed by atoms with Gasteiger partial charge in [0.1, 0.15) is 19.3 Å². The quantitative estimate of drug-likeness (QED) is 0.0222. The second kappa shape index (κ2) is 51.9. The number of hydrogen-bond donors (Lipinski definition) is 3. The molecule has 0 bridgehead atoms. The average molecular weight is 1160 g/mol. The molecule has 0 fully saturated rings. The van der Waals surface area contributed by atoms with Crippen LogP contribution in [0.2, 0.25) is 0 Å². The smallest absolute Gasteiger partial charge is 0.462 e. The van der Waals surface area contributed by atoms with Crippen molar-refractivity contribution < 1.29 is 80.2 Å². The Morgan fingerprint density at radius 1 is 0.372 bits per heavy atom. The van der Waals surface area contributed by atoms with Gasteiger partial charge < -0.3 is 33.8 Å². The summed E-state index contributed by atoms with van der Waals surface area (Å²) in [5.41, 5.74) is 0. The topological polar surface area (TPSA) is 237 Å². The van der Waals surface area contributed by atoms with Gasteiger partial charge in [0.25, 0.3) is 0 Å². The summed E-state index contributed by atoms with van der Waals surface area (Å²) in [4.78, 5) is 71.7. The molecule has 0 aromatic heterocycles. The van der Waals surface area contributed by atoms with Gasteiger partial charge in [0.05, 0.1) is 26.4 Å². The number of carbonyl (C=O) groups is 4. The molecule has 0 aliphatic heterocycles. The second-order valence-corrected chi connectivity index (χ2v) is 25.0. The van der Waals surface area contributed by atoms with Gasteiger partial charge in [0.2, 0.25) is 0 Å². The molecule has 0 rings (SSSR count). The molecule has 0 radical (unpaired) electrons. The minimum atomic E-state index is -4.94. The Morgan fingerprint density at radius 3 is 0.974 bits per heavy atom. The molecule has 78 heavy (non-hydrogen) atoms. The van der Waals surface area contributed by atoms with Crippen LogP contribution in [-0.4, -0.2) is 96.7 Å². The highest BCUT2D eigenvalue weighted by molar-refractivity contribution is 7.47. The van der Waals surface area contributed by atoms with Crippen LogP contribution in [0.25, 0.3) is 0 Å². The van der Waals surface area contributed by atoms with Crippen molar-refractivity contribution in [3.05, 3.63) is 0 Å². The summed E-state index contributed by atoms with van der Waals surface area (Å²) in [7, 11) is -9.87. The molecule has 0 spiro atoms. The minimum absolute atomic E-state index is 0.104. The number of ether oxygens (including phenoxy) is 4. The Morgan fingerprint density at radius 2 is 0.654 bits per heavy atom. The lowest BCUT2D eigenvalue weighted by Crippen LogP contribution is -2.30. The Kier molecular flexibility index (Phi) is 50.6. The predicted octanol–water partition coefficient (Wildman–Crippen LogP) is 15.7. The van der Waals surface area contributed by atoms with E-state index in [1.54, 1.807) is 0 Å². The number of rotatable bonds is 58. The van der Waals surface area contributed by atoms with Crippen LogP contribution in [0.3, 0.4) is 0 Å². The Labute approximate surface area is 473 Å². The number of esters is 4. The molecule has 0 aliphatic rings. The van der Waals surface area contributed by atoms with Crippen LogP contribution in [0.5, 0.6) is 0 Å². The third-order valence-electron chi connectivity index (χ3n) is 13.8. The minimum Gasteiger partial charge on any atom is -0.462 e. The van der Waals surface area contributed by atoms with Gasteiger partial charge in [-0.2, -0.15) is 0 Å². The number of aliphatic hydroxyl groups excluding tert-OH is 1. The van der Waals surface area contributed by atoms with Crippen LogP contribution < -0.4 is 0 Å². The van der Waals surface area contributed by atoms with Gasteiger partial charge in [-0.15, -0.1) is 0 Å². The van der Waals surface area contributed by atoms with Crippen molar-refractivity contribution in [2.75, 3.05) is 39.6 Å².